The maximum atomic E-state index is 5.29. The molecule has 3 nitrogen and oxygen atoms in total. The van der Waals surface area contributed by atoms with Crippen LogP contribution in [-0.2, 0) is 12.0 Å². The summed E-state index contributed by atoms with van der Waals surface area (Å²) in [6, 6.07) is 57.5. The first-order valence-electron chi connectivity index (χ1n) is 17.9. The van der Waals surface area contributed by atoms with Crippen molar-refractivity contribution in [3.8, 4) is 22.3 Å². The van der Waals surface area contributed by atoms with Crippen molar-refractivity contribution < 1.29 is 0 Å². The Hall–Kier alpha value is -5.80. The monoisotopic (exact) mass is 733 g/mol. The van der Waals surface area contributed by atoms with E-state index in [-0.39, 0.29) is 14.5 Å². The molecule has 0 fully saturated rings. The number of hydrogen-bond donors (Lipinski definition) is 1. The zero-order valence-electron chi connectivity index (χ0n) is 29.0. The molecular formula is C48H35N3Se. The summed E-state index contributed by atoms with van der Waals surface area (Å²) in [6.07, 6.45) is 0.861. The van der Waals surface area contributed by atoms with Gasteiger partial charge in [-0.05, 0) is 0 Å². The number of nitrogens with zero attached hydrogens (tertiary/aromatic N) is 2. The van der Waals surface area contributed by atoms with E-state index in [1.807, 2.05) is 0 Å². The van der Waals surface area contributed by atoms with Gasteiger partial charge in [0, 0.05) is 0 Å². The SMILES string of the molecule is Cc1cc2c(c(C3=C(c4c(-c5ccccc5)ccc5[se]c6ccccc6c45)N=NNC3(c3ccccc3)c3ccccc3)c1C)Cc1ccccc1-2. The van der Waals surface area contributed by atoms with Crippen LogP contribution < -0.4 is 5.43 Å². The van der Waals surface area contributed by atoms with E-state index in [1.165, 1.54) is 69.4 Å². The van der Waals surface area contributed by atoms with Crippen LogP contribution in [0, 0.1) is 13.8 Å². The molecule has 8 aromatic rings. The van der Waals surface area contributed by atoms with Gasteiger partial charge in [-0.2, -0.15) is 0 Å². The summed E-state index contributed by atoms with van der Waals surface area (Å²) < 4.78 is 2.79. The average Bonchev–Trinajstić information content (AvgIpc) is 3.77. The fourth-order valence-electron chi connectivity index (χ4n) is 8.66. The Morgan fingerprint density at radius 3 is 2.00 bits per heavy atom. The van der Waals surface area contributed by atoms with E-state index >= 15 is 0 Å². The van der Waals surface area contributed by atoms with Crippen LogP contribution in [-0.4, -0.2) is 14.5 Å². The molecule has 0 spiro atoms. The van der Waals surface area contributed by atoms with Crippen molar-refractivity contribution in [1.29, 1.82) is 0 Å². The molecule has 0 saturated heterocycles. The minimum absolute atomic E-state index is 0.179. The summed E-state index contributed by atoms with van der Waals surface area (Å²) in [5.41, 5.74) is 19.8. The van der Waals surface area contributed by atoms with E-state index in [2.05, 4.69) is 177 Å². The summed E-state index contributed by atoms with van der Waals surface area (Å²) >= 11 is 0.179. The van der Waals surface area contributed by atoms with Crippen molar-refractivity contribution in [1.82, 2.24) is 5.43 Å². The van der Waals surface area contributed by atoms with Crippen LogP contribution in [0.5, 0.6) is 0 Å². The van der Waals surface area contributed by atoms with Crippen LogP contribution >= 0.6 is 0 Å². The molecule has 248 valence electrons. The molecule has 10 rings (SSSR count). The summed E-state index contributed by atoms with van der Waals surface area (Å²) in [6.45, 7) is 4.57. The third-order valence-electron chi connectivity index (χ3n) is 11.1. The fourth-order valence-corrected chi connectivity index (χ4v) is 11.0. The second-order valence-corrected chi connectivity index (χ2v) is 16.2. The molecule has 1 aliphatic carbocycles. The maximum absolute atomic E-state index is 5.29. The van der Waals surface area contributed by atoms with Crippen molar-refractivity contribution in [2.24, 2.45) is 10.3 Å². The predicted molar refractivity (Wildman–Crippen MR) is 216 cm³/mol. The van der Waals surface area contributed by atoms with Crippen molar-refractivity contribution in [2.75, 3.05) is 0 Å². The molecule has 2 aliphatic rings. The second-order valence-electron chi connectivity index (χ2n) is 13.9. The minimum atomic E-state index is -0.847. The molecule has 0 saturated carbocycles. The number of aryl methyl sites for hydroxylation is 1. The quantitative estimate of drug-likeness (QED) is 0.176. The van der Waals surface area contributed by atoms with E-state index in [1.54, 1.807) is 0 Å². The summed E-state index contributed by atoms with van der Waals surface area (Å²) in [4.78, 5) is 0. The molecular weight excluding hydrogens is 698 g/mol. The Kier molecular flexibility index (Phi) is 7.25. The fraction of sp³-hybridized carbons (Fsp3) is 0.0833. The van der Waals surface area contributed by atoms with Crippen molar-refractivity contribution in [3.05, 3.63) is 202 Å². The van der Waals surface area contributed by atoms with Gasteiger partial charge in [0.15, 0.2) is 0 Å². The van der Waals surface area contributed by atoms with Gasteiger partial charge in [0.25, 0.3) is 0 Å². The predicted octanol–water partition coefficient (Wildman–Crippen LogP) is 11.7. The van der Waals surface area contributed by atoms with Crippen molar-refractivity contribution in [3.63, 3.8) is 0 Å². The molecule has 7 aromatic carbocycles. The van der Waals surface area contributed by atoms with Crippen LogP contribution in [0.15, 0.2) is 168 Å². The van der Waals surface area contributed by atoms with Gasteiger partial charge in [-0.1, -0.05) is 0 Å². The molecule has 1 aromatic heterocycles. The van der Waals surface area contributed by atoms with Gasteiger partial charge in [0.2, 0.25) is 0 Å². The normalized spacial score (nSPS) is 14.4. The van der Waals surface area contributed by atoms with E-state index in [0.29, 0.717) is 0 Å². The van der Waals surface area contributed by atoms with Gasteiger partial charge in [-0.3, -0.25) is 0 Å². The molecule has 0 amide bonds. The topological polar surface area (TPSA) is 36.8 Å². The van der Waals surface area contributed by atoms with Gasteiger partial charge in [-0.15, -0.1) is 0 Å². The Morgan fingerprint density at radius 1 is 0.596 bits per heavy atom. The van der Waals surface area contributed by atoms with Crippen molar-refractivity contribution in [2.45, 2.75) is 25.8 Å². The first-order chi connectivity index (χ1) is 25.6. The summed E-state index contributed by atoms with van der Waals surface area (Å²) in [7, 11) is 0. The molecule has 1 N–H and O–H groups in total. The third kappa shape index (κ3) is 4.58. The number of benzene rings is 7. The van der Waals surface area contributed by atoms with Crippen LogP contribution in [0.25, 0.3) is 52.8 Å². The molecule has 2 heterocycles. The Labute approximate surface area is 309 Å². The number of hydrogen-bond acceptors (Lipinski definition) is 3. The summed E-state index contributed by atoms with van der Waals surface area (Å²) in [5.74, 6) is 0. The number of rotatable bonds is 5. The van der Waals surface area contributed by atoms with E-state index in [4.69, 9.17) is 10.3 Å². The molecule has 1 aliphatic heterocycles. The molecule has 0 unspecified atom stereocenters. The Bertz CT molecular complexity index is 2700. The van der Waals surface area contributed by atoms with Gasteiger partial charge in [-0.25, -0.2) is 0 Å². The average molecular weight is 733 g/mol. The Balaban J connectivity index is 1.45. The van der Waals surface area contributed by atoms with Gasteiger partial charge < -0.3 is 0 Å². The number of nitrogens with one attached hydrogen (secondary N) is 1. The van der Waals surface area contributed by atoms with Crippen LogP contribution in [0.4, 0.5) is 0 Å². The van der Waals surface area contributed by atoms with Crippen LogP contribution in [0.2, 0.25) is 0 Å². The van der Waals surface area contributed by atoms with E-state index < -0.39 is 5.54 Å². The van der Waals surface area contributed by atoms with E-state index in [0.717, 1.165) is 34.4 Å². The van der Waals surface area contributed by atoms with Crippen molar-refractivity contribution >= 4 is 45.1 Å². The summed E-state index contributed by atoms with van der Waals surface area (Å²) in [5, 5.41) is 12.8. The zero-order valence-corrected chi connectivity index (χ0v) is 30.7. The molecule has 52 heavy (non-hydrogen) atoms. The first-order valence-corrected chi connectivity index (χ1v) is 19.6. The second kappa shape index (κ2) is 12.2. The van der Waals surface area contributed by atoms with Gasteiger partial charge in [0.1, 0.15) is 0 Å². The number of fused-ring (bicyclic) bond motifs is 6. The molecule has 0 radical (unpaired) electrons. The third-order valence-corrected chi connectivity index (χ3v) is 13.5. The van der Waals surface area contributed by atoms with Crippen LogP contribution in [0.1, 0.15) is 44.5 Å². The first kappa shape index (κ1) is 31.0. The van der Waals surface area contributed by atoms with Gasteiger partial charge in [0.05, 0.1) is 0 Å². The molecule has 4 heteroatoms. The van der Waals surface area contributed by atoms with Crippen LogP contribution in [0.3, 0.4) is 0 Å². The van der Waals surface area contributed by atoms with E-state index in [9.17, 15) is 0 Å². The zero-order chi connectivity index (χ0) is 34.8. The Morgan fingerprint density at radius 2 is 1.25 bits per heavy atom. The van der Waals surface area contributed by atoms with Gasteiger partial charge >= 0.3 is 311 Å². The molecule has 0 atom stereocenters. The standard InChI is InChI=1S/C48H35N3Se/c1-30-28-39-36-23-13-12-18-33(36)29-40(39)43(31(30)2)46-47(49-51-50-48(46,34-19-8-4-9-20-34)35-21-10-5-11-22-35)45-37(32-16-6-3-7-17-32)26-27-42-44(45)38-24-14-15-25-41(38)52-42/h3-28H,29H2,1-2H3,(H,49,50). The molecule has 0 bridgehead atoms.